The van der Waals surface area contributed by atoms with Gasteiger partial charge in [-0.05, 0) is 48.2 Å². The van der Waals surface area contributed by atoms with E-state index in [1.165, 1.54) is 0 Å². The molecule has 0 aromatic heterocycles. The average molecular weight is 587 g/mol. The van der Waals surface area contributed by atoms with Gasteiger partial charge in [0.15, 0.2) is 5.78 Å². The summed E-state index contributed by atoms with van der Waals surface area (Å²) >= 11 is 12.3. The fourth-order valence-electron chi connectivity index (χ4n) is 3.95. The number of anilines is 1. The van der Waals surface area contributed by atoms with Crippen molar-refractivity contribution in [1.82, 2.24) is 0 Å². The van der Waals surface area contributed by atoms with Crippen molar-refractivity contribution in [3.63, 3.8) is 0 Å². The van der Waals surface area contributed by atoms with Gasteiger partial charge >= 0.3 is 0 Å². The summed E-state index contributed by atoms with van der Waals surface area (Å²) in [5.41, 5.74) is 3.70. The van der Waals surface area contributed by atoms with Crippen molar-refractivity contribution >= 4 is 50.7 Å². The van der Waals surface area contributed by atoms with Crippen LogP contribution in [-0.4, -0.2) is 30.4 Å². The quantitative estimate of drug-likeness (QED) is 0.142. The first kappa shape index (κ1) is 30.4. The Hall–Kier alpha value is -3.15. The molecule has 204 valence electrons. The van der Waals surface area contributed by atoms with Crippen LogP contribution in [0.1, 0.15) is 48.5 Å². The van der Waals surface area contributed by atoms with E-state index in [-0.39, 0.29) is 24.5 Å². The molecule has 1 atom stereocenters. The lowest BCUT2D eigenvalue weighted by Gasteiger charge is -2.15. The van der Waals surface area contributed by atoms with E-state index in [4.69, 9.17) is 27.8 Å². The van der Waals surface area contributed by atoms with Crippen LogP contribution in [0.3, 0.4) is 0 Å². The van der Waals surface area contributed by atoms with E-state index < -0.39 is 21.8 Å². The Morgan fingerprint density at radius 1 is 0.974 bits per heavy atom. The number of nitrogens with one attached hydrogen (secondary N) is 1. The second-order valence-electron chi connectivity index (χ2n) is 9.01. The zero-order chi connectivity index (χ0) is 28.4. The van der Waals surface area contributed by atoms with Gasteiger partial charge in [0.25, 0.3) is 10.1 Å². The summed E-state index contributed by atoms with van der Waals surface area (Å²) in [6.07, 6.45) is 1.57. The van der Waals surface area contributed by atoms with Crippen molar-refractivity contribution in [2.24, 2.45) is 5.92 Å². The third-order valence-electron chi connectivity index (χ3n) is 5.98. The molecule has 0 aliphatic carbocycles. The third-order valence-corrected chi connectivity index (χ3v) is 7.33. The zero-order valence-corrected chi connectivity index (χ0v) is 23.7. The van der Waals surface area contributed by atoms with Crippen molar-refractivity contribution in [3.8, 4) is 23.0 Å². The molecule has 3 rings (SSSR count). The smallest absolute Gasteiger partial charge is 0.264 e. The highest BCUT2D eigenvalue weighted by atomic mass is 35.5. The van der Waals surface area contributed by atoms with Gasteiger partial charge in [-0.1, -0.05) is 72.6 Å². The molecule has 0 fully saturated rings. The van der Waals surface area contributed by atoms with E-state index in [0.717, 1.165) is 16.7 Å². The van der Waals surface area contributed by atoms with Crippen LogP contribution in [0.4, 0.5) is 5.69 Å². The molecule has 3 aromatic carbocycles. The van der Waals surface area contributed by atoms with Gasteiger partial charge in [0, 0.05) is 46.1 Å². The molecule has 0 saturated heterocycles. The van der Waals surface area contributed by atoms with Gasteiger partial charge in [-0.2, -0.15) is 8.42 Å². The lowest BCUT2D eigenvalue weighted by molar-refractivity contribution is -0.119. The second kappa shape index (κ2) is 14.3. The molecule has 1 unspecified atom stereocenters. The van der Waals surface area contributed by atoms with Gasteiger partial charge in [0.2, 0.25) is 5.91 Å². The molecular formula is C30H29Cl2NO5S. The predicted octanol–water partition coefficient (Wildman–Crippen LogP) is 7.11. The summed E-state index contributed by atoms with van der Waals surface area (Å²) in [5, 5.41) is 4.07. The van der Waals surface area contributed by atoms with E-state index >= 15 is 0 Å². The Kier molecular flexibility index (Phi) is 11.1. The fraction of sp³-hybridized carbons (Fsp3) is 0.267. The molecule has 39 heavy (non-hydrogen) atoms. The van der Waals surface area contributed by atoms with Crippen LogP contribution in [-0.2, 0) is 21.3 Å². The molecule has 0 aliphatic rings. The Labute approximate surface area is 239 Å². The van der Waals surface area contributed by atoms with Crippen LogP contribution in [0.2, 0.25) is 10.0 Å². The molecule has 0 bridgehead atoms. The largest absolute Gasteiger partial charge is 0.326 e. The minimum Gasteiger partial charge on any atom is -0.326 e. The van der Waals surface area contributed by atoms with Gasteiger partial charge in [-0.15, -0.1) is 11.8 Å². The molecule has 3 aromatic rings. The van der Waals surface area contributed by atoms with E-state index in [0.29, 0.717) is 40.6 Å². The molecule has 0 spiro atoms. The normalized spacial score (nSPS) is 11.8. The SMILES string of the molecule is CCC#CCC(Cc1ccc(C(=O)CCCS(=O)(=O)O)cc1)C(=O)Nc1ccc(-c2ccc(Cl)cc2Cl)cc1. The number of rotatable bonds is 11. The monoisotopic (exact) mass is 585 g/mol. The molecule has 0 heterocycles. The molecular weight excluding hydrogens is 557 g/mol. The first-order valence-electron chi connectivity index (χ1n) is 12.4. The van der Waals surface area contributed by atoms with Crippen molar-refractivity contribution in [2.45, 2.75) is 39.0 Å². The Morgan fingerprint density at radius 3 is 2.28 bits per heavy atom. The number of ketones is 1. The fourth-order valence-corrected chi connectivity index (χ4v) is 4.98. The minimum atomic E-state index is -4.09. The Balaban J connectivity index is 1.67. The van der Waals surface area contributed by atoms with Gasteiger partial charge in [0.05, 0.1) is 11.7 Å². The first-order chi connectivity index (χ1) is 18.6. The van der Waals surface area contributed by atoms with Gasteiger partial charge < -0.3 is 5.32 Å². The standard InChI is InChI=1S/C30H29Cl2NO5S/c1-2-3-4-6-24(19-21-8-10-23(11-9-21)29(34)7-5-18-39(36,37)38)30(35)33-26-15-12-22(13-16-26)27-17-14-25(31)20-28(27)32/h8-17,20,24H,2,5-7,18-19H2,1H3,(H,33,35)(H,36,37,38). The summed E-state index contributed by atoms with van der Waals surface area (Å²) in [5.74, 6) is 4.84. The van der Waals surface area contributed by atoms with Crippen LogP contribution in [0.5, 0.6) is 0 Å². The maximum atomic E-state index is 13.2. The maximum absolute atomic E-state index is 13.2. The van der Waals surface area contributed by atoms with Gasteiger partial charge in [-0.3, -0.25) is 14.1 Å². The van der Waals surface area contributed by atoms with Crippen molar-refractivity contribution < 1.29 is 22.6 Å². The lowest BCUT2D eigenvalue weighted by atomic mass is 9.94. The second-order valence-corrected chi connectivity index (χ2v) is 11.4. The molecule has 6 nitrogen and oxygen atoms in total. The van der Waals surface area contributed by atoms with Crippen molar-refractivity contribution in [3.05, 3.63) is 87.9 Å². The molecule has 0 aliphatic heterocycles. The van der Waals surface area contributed by atoms with Gasteiger partial charge in [0.1, 0.15) is 0 Å². The van der Waals surface area contributed by atoms with Gasteiger partial charge in [-0.25, -0.2) is 0 Å². The minimum absolute atomic E-state index is 0.0137. The third kappa shape index (κ3) is 9.83. The number of benzene rings is 3. The first-order valence-corrected chi connectivity index (χ1v) is 14.8. The van der Waals surface area contributed by atoms with E-state index in [9.17, 15) is 18.0 Å². The topological polar surface area (TPSA) is 101 Å². The summed E-state index contributed by atoms with van der Waals surface area (Å²) in [6, 6.07) is 19.6. The maximum Gasteiger partial charge on any atom is 0.264 e. The number of halogens is 2. The number of carbonyl (C=O) groups is 2. The highest BCUT2D eigenvalue weighted by Crippen LogP contribution is 2.31. The van der Waals surface area contributed by atoms with E-state index in [1.54, 1.807) is 36.4 Å². The highest BCUT2D eigenvalue weighted by molar-refractivity contribution is 7.85. The van der Waals surface area contributed by atoms with Crippen LogP contribution in [0.25, 0.3) is 11.1 Å². The van der Waals surface area contributed by atoms with Crippen molar-refractivity contribution in [2.75, 3.05) is 11.1 Å². The van der Waals surface area contributed by atoms with E-state index in [1.807, 2.05) is 37.3 Å². The summed E-state index contributed by atoms with van der Waals surface area (Å²) in [6.45, 7) is 1.95. The number of amides is 1. The van der Waals surface area contributed by atoms with Crippen LogP contribution in [0.15, 0.2) is 66.7 Å². The Bertz CT molecular complexity index is 1470. The zero-order valence-electron chi connectivity index (χ0n) is 21.4. The molecule has 0 saturated carbocycles. The lowest BCUT2D eigenvalue weighted by Crippen LogP contribution is -2.24. The average Bonchev–Trinajstić information content (AvgIpc) is 2.88. The number of carbonyl (C=O) groups excluding carboxylic acids is 2. The summed E-state index contributed by atoms with van der Waals surface area (Å²) in [7, 11) is -4.09. The molecule has 2 N–H and O–H groups in total. The highest BCUT2D eigenvalue weighted by Gasteiger charge is 2.19. The molecule has 1 amide bonds. The van der Waals surface area contributed by atoms with Crippen LogP contribution in [0, 0.1) is 17.8 Å². The Morgan fingerprint density at radius 2 is 1.67 bits per heavy atom. The number of hydrogen-bond donors (Lipinski definition) is 2. The summed E-state index contributed by atoms with van der Waals surface area (Å²) in [4.78, 5) is 25.5. The molecule has 9 heteroatoms. The number of Topliss-reactive ketones (excluding diaryl/α,β-unsaturated/α-hetero) is 1. The predicted molar refractivity (Wildman–Crippen MR) is 157 cm³/mol. The molecule has 0 radical (unpaired) electrons. The van der Waals surface area contributed by atoms with Crippen LogP contribution >= 0.6 is 23.2 Å². The van der Waals surface area contributed by atoms with Crippen molar-refractivity contribution in [1.29, 1.82) is 0 Å². The summed E-state index contributed by atoms with van der Waals surface area (Å²) < 4.78 is 30.5. The van der Waals surface area contributed by atoms with Crippen LogP contribution < -0.4 is 5.32 Å². The number of hydrogen-bond acceptors (Lipinski definition) is 4. The van der Waals surface area contributed by atoms with E-state index in [2.05, 4.69) is 17.2 Å².